The SMILES string of the molecule is Cn1cc(C2CN(C(=O)CCNS(=O)(=O)c3ccccc3F)Cc3ccccc32)cn1. The van der Waals surface area contributed by atoms with E-state index in [1.165, 1.54) is 23.8 Å². The zero-order valence-corrected chi connectivity index (χ0v) is 17.8. The first kappa shape index (κ1) is 21.2. The molecule has 0 spiro atoms. The average molecular weight is 443 g/mol. The number of amides is 1. The minimum absolute atomic E-state index is 0.00212. The van der Waals surface area contributed by atoms with Crippen molar-refractivity contribution in [1.29, 1.82) is 0 Å². The van der Waals surface area contributed by atoms with E-state index in [1.807, 2.05) is 31.4 Å². The fourth-order valence-electron chi connectivity index (χ4n) is 3.89. The summed E-state index contributed by atoms with van der Waals surface area (Å²) in [4.78, 5) is 14.2. The van der Waals surface area contributed by atoms with E-state index in [9.17, 15) is 17.6 Å². The largest absolute Gasteiger partial charge is 0.337 e. The van der Waals surface area contributed by atoms with Crippen molar-refractivity contribution < 1.29 is 17.6 Å². The fourth-order valence-corrected chi connectivity index (χ4v) is 5.00. The number of nitrogens with one attached hydrogen (secondary N) is 1. The number of aromatic nitrogens is 2. The zero-order chi connectivity index (χ0) is 22.0. The molecule has 1 amide bonds. The Morgan fingerprint density at radius 2 is 1.94 bits per heavy atom. The van der Waals surface area contributed by atoms with Gasteiger partial charge in [0.1, 0.15) is 10.7 Å². The third-order valence-corrected chi connectivity index (χ3v) is 6.93. The van der Waals surface area contributed by atoms with Crippen molar-refractivity contribution in [1.82, 2.24) is 19.4 Å². The van der Waals surface area contributed by atoms with Crippen LogP contribution >= 0.6 is 0 Å². The minimum atomic E-state index is -4.02. The Morgan fingerprint density at radius 1 is 1.19 bits per heavy atom. The Kier molecular flexibility index (Phi) is 5.88. The van der Waals surface area contributed by atoms with Crippen molar-refractivity contribution in [3.05, 3.63) is 83.4 Å². The number of hydrogen-bond acceptors (Lipinski definition) is 4. The molecule has 1 N–H and O–H groups in total. The van der Waals surface area contributed by atoms with Crippen LogP contribution in [0.3, 0.4) is 0 Å². The first-order valence-corrected chi connectivity index (χ1v) is 11.4. The maximum Gasteiger partial charge on any atom is 0.243 e. The average Bonchev–Trinajstić information content (AvgIpc) is 3.19. The number of halogens is 1. The molecule has 0 fully saturated rings. The molecule has 1 aliphatic rings. The Labute approximate surface area is 180 Å². The van der Waals surface area contributed by atoms with Crippen LogP contribution in [-0.4, -0.2) is 42.1 Å². The van der Waals surface area contributed by atoms with Crippen LogP contribution in [0.15, 0.2) is 65.8 Å². The van der Waals surface area contributed by atoms with Gasteiger partial charge in [-0.05, 0) is 28.8 Å². The molecule has 1 aromatic heterocycles. The molecule has 162 valence electrons. The topological polar surface area (TPSA) is 84.3 Å². The summed E-state index contributed by atoms with van der Waals surface area (Å²) in [5.41, 5.74) is 3.25. The van der Waals surface area contributed by atoms with Crippen molar-refractivity contribution >= 4 is 15.9 Å². The van der Waals surface area contributed by atoms with Gasteiger partial charge in [0.05, 0.1) is 6.20 Å². The molecule has 0 bridgehead atoms. The normalized spacial score (nSPS) is 16.2. The second-order valence-corrected chi connectivity index (χ2v) is 9.29. The monoisotopic (exact) mass is 442 g/mol. The third-order valence-electron chi connectivity index (χ3n) is 5.43. The lowest BCUT2D eigenvalue weighted by molar-refractivity contribution is -0.132. The van der Waals surface area contributed by atoms with E-state index in [1.54, 1.807) is 15.8 Å². The van der Waals surface area contributed by atoms with Crippen molar-refractivity contribution in [2.24, 2.45) is 7.05 Å². The van der Waals surface area contributed by atoms with E-state index >= 15 is 0 Å². The predicted molar refractivity (Wildman–Crippen MR) is 113 cm³/mol. The number of sulfonamides is 1. The molecule has 31 heavy (non-hydrogen) atoms. The number of rotatable bonds is 6. The highest BCUT2D eigenvalue weighted by Gasteiger charge is 2.29. The molecule has 2 heterocycles. The van der Waals surface area contributed by atoms with Crippen molar-refractivity contribution in [3.8, 4) is 0 Å². The number of benzene rings is 2. The number of aryl methyl sites for hydroxylation is 1. The molecule has 2 aromatic carbocycles. The number of fused-ring (bicyclic) bond motifs is 1. The van der Waals surface area contributed by atoms with Crippen LogP contribution in [0.25, 0.3) is 0 Å². The van der Waals surface area contributed by atoms with Crippen LogP contribution < -0.4 is 4.72 Å². The third kappa shape index (κ3) is 4.52. The molecule has 0 saturated heterocycles. The van der Waals surface area contributed by atoms with Gasteiger partial charge in [0.25, 0.3) is 0 Å². The van der Waals surface area contributed by atoms with E-state index in [-0.39, 0.29) is 24.8 Å². The minimum Gasteiger partial charge on any atom is -0.337 e. The standard InChI is InChI=1S/C22H23FN4O3S/c1-26-13-17(12-24-26)19-15-27(14-16-6-2-3-7-18(16)19)22(28)10-11-25-31(29,30)21-9-5-4-8-20(21)23/h2-9,12-13,19,25H,10-11,14-15H2,1H3. The molecule has 9 heteroatoms. The Morgan fingerprint density at radius 3 is 2.68 bits per heavy atom. The molecule has 1 unspecified atom stereocenters. The summed E-state index contributed by atoms with van der Waals surface area (Å²) in [5, 5.41) is 4.25. The summed E-state index contributed by atoms with van der Waals surface area (Å²) < 4.78 is 42.5. The molecule has 1 atom stereocenters. The molecule has 3 aromatic rings. The van der Waals surface area contributed by atoms with Gasteiger partial charge in [-0.15, -0.1) is 0 Å². The van der Waals surface area contributed by atoms with Crippen molar-refractivity contribution in [2.45, 2.75) is 23.8 Å². The first-order valence-electron chi connectivity index (χ1n) is 9.93. The van der Waals surface area contributed by atoms with Gasteiger partial charge in [-0.2, -0.15) is 5.10 Å². The second-order valence-electron chi connectivity index (χ2n) is 7.55. The quantitative estimate of drug-likeness (QED) is 0.635. The van der Waals surface area contributed by atoms with Gasteiger partial charge >= 0.3 is 0 Å². The first-order chi connectivity index (χ1) is 14.8. The van der Waals surface area contributed by atoms with Crippen LogP contribution in [0.4, 0.5) is 4.39 Å². The zero-order valence-electron chi connectivity index (χ0n) is 17.0. The molecular formula is C22H23FN4O3S. The number of carbonyl (C=O) groups excluding carboxylic acids is 1. The van der Waals surface area contributed by atoms with Crippen LogP contribution in [-0.2, 0) is 28.4 Å². The predicted octanol–water partition coefficient (Wildman–Crippen LogP) is 2.40. The Hall–Kier alpha value is -3.04. The highest BCUT2D eigenvalue weighted by Crippen LogP contribution is 2.33. The van der Waals surface area contributed by atoms with E-state index < -0.39 is 20.7 Å². The fraction of sp³-hybridized carbons (Fsp3) is 0.273. The number of hydrogen-bond donors (Lipinski definition) is 1. The summed E-state index contributed by atoms with van der Waals surface area (Å²) in [7, 11) is -2.17. The highest BCUT2D eigenvalue weighted by atomic mass is 32.2. The highest BCUT2D eigenvalue weighted by molar-refractivity contribution is 7.89. The van der Waals surface area contributed by atoms with Crippen LogP contribution in [0, 0.1) is 5.82 Å². The van der Waals surface area contributed by atoms with Crippen LogP contribution in [0.1, 0.15) is 29.0 Å². The molecule has 0 saturated carbocycles. The summed E-state index contributed by atoms with van der Waals surface area (Å²) in [6.45, 7) is 0.846. The van der Waals surface area contributed by atoms with Crippen molar-refractivity contribution in [3.63, 3.8) is 0 Å². The second kappa shape index (κ2) is 8.60. The molecule has 0 aliphatic carbocycles. The lowest BCUT2D eigenvalue weighted by Gasteiger charge is -2.34. The van der Waals surface area contributed by atoms with E-state index in [0.29, 0.717) is 13.1 Å². The molecule has 0 radical (unpaired) electrons. The van der Waals surface area contributed by atoms with Gasteiger partial charge in [-0.1, -0.05) is 36.4 Å². The lowest BCUT2D eigenvalue weighted by Crippen LogP contribution is -2.40. The maximum atomic E-state index is 13.8. The molecule has 7 nitrogen and oxygen atoms in total. The Bertz CT molecular complexity index is 1210. The number of nitrogens with zero attached hydrogens (tertiary/aromatic N) is 3. The van der Waals surface area contributed by atoms with Gasteiger partial charge in [0.2, 0.25) is 15.9 Å². The van der Waals surface area contributed by atoms with E-state index in [4.69, 9.17) is 0 Å². The smallest absolute Gasteiger partial charge is 0.243 e. The van der Waals surface area contributed by atoms with E-state index in [2.05, 4.69) is 15.9 Å². The van der Waals surface area contributed by atoms with Gasteiger partial charge in [-0.25, -0.2) is 17.5 Å². The molecule has 4 rings (SSSR count). The summed E-state index contributed by atoms with van der Waals surface area (Å²) in [5.74, 6) is -0.995. The van der Waals surface area contributed by atoms with Gasteiger partial charge in [0.15, 0.2) is 0 Å². The summed E-state index contributed by atoms with van der Waals surface area (Å²) in [6, 6.07) is 13.1. The maximum absolute atomic E-state index is 13.8. The molecule has 1 aliphatic heterocycles. The number of carbonyl (C=O) groups is 1. The molecular weight excluding hydrogens is 419 g/mol. The van der Waals surface area contributed by atoms with Gasteiger partial charge in [-0.3, -0.25) is 9.48 Å². The summed E-state index contributed by atoms with van der Waals surface area (Å²) in [6.07, 6.45) is 3.73. The van der Waals surface area contributed by atoms with Crippen LogP contribution in [0.2, 0.25) is 0 Å². The van der Waals surface area contributed by atoms with Gasteiger partial charge < -0.3 is 4.90 Å². The lowest BCUT2D eigenvalue weighted by atomic mass is 9.86. The summed E-state index contributed by atoms with van der Waals surface area (Å²) >= 11 is 0. The van der Waals surface area contributed by atoms with Crippen molar-refractivity contribution in [2.75, 3.05) is 13.1 Å². The Balaban J connectivity index is 1.45. The van der Waals surface area contributed by atoms with Crippen LogP contribution in [0.5, 0.6) is 0 Å². The van der Waals surface area contributed by atoms with E-state index in [0.717, 1.165) is 17.2 Å². The van der Waals surface area contributed by atoms with Gasteiger partial charge in [0, 0.05) is 45.2 Å².